The molecule has 0 aromatic carbocycles. The number of alkyl halides is 1. The molecule has 1 aromatic heterocycles. The molecule has 1 heterocycles. The Balaban J connectivity index is 2.69. The van der Waals surface area contributed by atoms with Gasteiger partial charge in [0.25, 0.3) is 0 Å². The third-order valence-electron chi connectivity index (χ3n) is 2.08. The lowest BCUT2D eigenvalue weighted by Gasteiger charge is -2.07. The van der Waals surface area contributed by atoms with Crippen molar-refractivity contribution in [3.8, 4) is 5.75 Å². The van der Waals surface area contributed by atoms with Crippen LogP contribution in [0.3, 0.4) is 0 Å². The average Bonchev–Trinajstić information content (AvgIpc) is 2.38. The molecule has 0 aliphatic rings. The van der Waals surface area contributed by atoms with Crippen molar-refractivity contribution in [3.05, 3.63) is 11.4 Å². The number of aryl methyl sites for hydroxylation is 2. The van der Waals surface area contributed by atoms with Crippen LogP contribution in [0.4, 0.5) is 0 Å². The number of carboxylic acids is 1. The topological polar surface area (TPSA) is 64.4 Å². The molecule has 1 rings (SSSR count). The third-order valence-corrected chi connectivity index (χ3v) is 2.40. The van der Waals surface area contributed by atoms with Crippen LogP contribution >= 0.6 is 11.6 Å². The summed E-state index contributed by atoms with van der Waals surface area (Å²) in [6.45, 7) is 3.58. The molecule has 1 atom stereocenters. The van der Waals surface area contributed by atoms with Crippen molar-refractivity contribution in [3.63, 3.8) is 0 Å². The van der Waals surface area contributed by atoms with Gasteiger partial charge in [-0.3, -0.25) is 9.48 Å². The van der Waals surface area contributed by atoms with Crippen molar-refractivity contribution in [1.82, 2.24) is 9.78 Å². The van der Waals surface area contributed by atoms with Crippen LogP contribution < -0.4 is 4.74 Å². The Morgan fingerprint density at radius 3 is 2.67 bits per heavy atom. The number of ether oxygens (including phenoxy) is 1. The number of hydrogen-bond donors (Lipinski definition) is 1. The molecular formula is C9H13ClN2O3. The highest BCUT2D eigenvalue weighted by atomic mass is 35.5. The summed E-state index contributed by atoms with van der Waals surface area (Å²) in [5, 5.41) is 11.7. The van der Waals surface area contributed by atoms with Crippen molar-refractivity contribution in [2.75, 3.05) is 6.61 Å². The van der Waals surface area contributed by atoms with E-state index in [2.05, 4.69) is 5.10 Å². The number of carbonyl (C=O) groups is 1. The molecule has 6 heteroatoms. The SMILES string of the molecule is Cc1nn(C)c(C)c1OCC(Cl)C(=O)O. The zero-order valence-corrected chi connectivity index (χ0v) is 9.58. The minimum atomic E-state index is -1.09. The molecule has 0 saturated carbocycles. The molecule has 0 saturated heterocycles. The minimum absolute atomic E-state index is 0.0652. The number of halogens is 1. The lowest BCUT2D eigenvalue weighted by Crippen LogP contribution is -2.21. The number of rotatable bonds is 4. The predicted molar refractivity (Wildman–Crippen MR) is 55.5 cm³/mol. The number of carboxylic acid groups (broad SMARTS) is 1. The molecule has 1 unspecified atom stereocenters. The summed E-state index contributed by atoms with van der Waals surface area (Å²) in [6, 6.07) is 0. The second kappa shape index (κ2) is 4.53. The number of nitrogens with zero attached hydrogens (tertiary/aromatic N) is 2. The van der Waals surface area contributed by atoms with Crippen LogP contribution in [-0.2, 0) is 11.8 Å². The van der Waals surface area contributed by atoms with Gasteiger partial charge in [0.05, 0.1) is 5.69 Å². The largest absolute Gasteiger partial charge is 0.488 e. The van der Waals surface area contributed by atoms with E-state index >= 15 is 0 Å². The van der Waals surface area contributed by atoms with Gasteiger partial charge in [0, 0.05) is 7.05 Å². The lowest BCUT2D eigenvalue weighted by molar-refractivity contribution is -0.137. The zero-order chi connectivity index (χ0) is 11.6. The molecule has 0 fully saturated rings. The van der Waals surface area contributed by atoms with Gasteiger partial charge >= 0.3 is 5.97 Å². The second-order valence-electron chi connectivity index (χ2n) is 3.24. The van der Waals surface area contributed by atoms with Crippen LogP contribution in [0.15, 0.2) is 0 Å². The molecular weight excluding hydrogens is 220 g/mol. The molecule has 0 aliphatic heterocycles. The highest BCUT2D eigenvalue weighted by Gasteiger charge is 2.17. The van der Waals surface area contributed by atoms with E-state index in [4.69, 9.17) is 21.4 Å². The molecule has 0 bridgehead atoms. The van der Waals surface area contributed by atoms with Crippen LogP contribution in [0.1, 0.15) is 11.4 Å². The van der Waals surface area contributed by atoms with Crippen molar-refractivity contribution >= 4 is 17.6 Å². The zero-order valence-electron chi connectivity index (χ0n) is 8.82. The first-order valence-corrected chi connectivity index (χ1v) is 4.87. The Morgan fingerprint density at radius 1 is 1.67 bits per heavy atom. The van der Waals surface area contributed by atoms with Crippen molar-refractivity contribution < 1.29 is 14.6 Å². The summed E-state index contributed by atoms with van der Waals surface area (Å²) in [5.41, 5.74) is 1.58. The molecule has 1 aromatic rings. The fourth-order valence-corrected chi connectivity index (χ4v) is 1.25. The molecule has 0 spiro atoms. The summed E-state index contributed by atoms with van der Waals surface area (Å²) in [6.07, 6.45) is 0. The normalized spacial score (nSPS) is 12.5. The number of hydrogen-bond acceptors (Lipinski definition) is 3. The maximum Gasteiger partial charge on any atom is 0.325 e. The fraction of sp³-hybridized carbons (Fsp3) is 0.556. The first-order valence-electron chi connectivity index (χ1n) is 4.43. The van der Waals surface area contributed by atoms with Gasteiger partial charge in [-0.2, -0.15) is 5.10 Å². The molecule has 0 radical (unpaired) electrons. The smallest absolute Gasteiger partial charge is 0.325 e. The maximum absolute atomic E-state index is 10.5. The summed E-state index contributed by atoms with van der Waals surface area (Å²) in [4.78, 5) is 10.5. The molecule has 1 N–H and O–H groups in total. The Kier molecular flexibility index (Phi) is 3.57. The van der Waals surface area contributed by atoms with Crippen molar-refractivity contribution in [1.29, 1.82) is 0 Å². The monoisotopic (exact) mass is 232 g/mol. The molecule has 5 nitrogen and oxygen atoms in total. The van der Waals surface area contributed by atoms with Crippen LogP contribution in [0.5, 0.6) is 5.75 Å². The van der Waals surface area contributed by atoms with Crippen LogP contribution in [0.25, 0.3) is 0 Å². The Bertz CT molecular complexity index is 376. The molecule has 84 valence electrons. The Hall–Kier alpha value is -1.23. The summed E-state index contributed by atoms with van der Waals surface area (Å²) >= 11 is 5.53. The van der Waals surface area contributed by atoms with Crippen LogP contribution in [0, 0.1) is 13.8 Å². The van der Waals surface area contributed by atoms with E-state index in [1.807, 2.05) is 6.92 Å². The van der Waals surface area contributed by atoms with Gasteiger partial charge < -0.3 is 9.84 Å². The van der Waals surface area contributed by atoms with E-state index in [1.54, 1.807) is 18.7 Å². The van der Waals surface area contributed by atoms with E-state index in [0.717, 1.165) is 11.4 Å². The second-order valence-corrected chi connectivity index (χ2v) is 3.77. The van der Waals surface area contributed by atoms with Gasteiger partial charge in [-0.1, -0.05) is 0 Å². The van der Waals surface area contributed by atoms with Gasteiger partial charge in [0.1, 0.15) is 12.3 Å². The summed E-state index contributed by atoms with van der Waals surface area (Å²) in [7, 11) is 1.80. The first kappa shape index (κ1) is 11.8. The van der Waals surface area contributed by atoms with E-state index in [0.29, 0.717) is 5.75 Å². The number of aliphatic carboxylic acids is 1. The van der Waals surface area contributed by atoms with Gasteiger partial charge in [0.2, 0.25) is 0 Å². The predicted octanol–water partition coefficient (Wildman–Crippen LogP) is 1.11. The molecule has 15 heavy (non-hydrogen) atoms. The highest BCUT2D eigenvalue weighted by molar-refractivity contribution is 6.29. The third kappa shape index (κ3) is 2.62. The lowest BCUT2D eigenvalue weighted by atomic mass is 10.3. The van der Waals surface area contributed by atoms with Gasteiger partial charge in [-0.25, -0.2) is 0 Å². The average molecular weight is 233 g/mol. The van der Waals surface area contributed by atoms with Crippen LogP contribution in [0.2, 0.25) is 0 Å². The molecule has 0 amide bonds. The van der Waals surface area contributed by atoms with Gasteiger partial charge in [0.15, 0.2) is 11.1 Å². The Labute approximate surface area is 92.6 Å². The Morgan fingerprint density at radius 2 is 2.27 bits per heavy atom. The van der Waals surface area contributed by atoms with Crippen LogP contribution in [-0.4, -0.2) is 32.8 Å². The van der Waals surface area contributed by atoms with E-state index in [9.17, 15) is 4.79 Å². The van der Waals surface area contributed by atoms with Crippen molar-refractivity contribution in [2.24, 2.45) is 7.05 Å². The highest BCUT2D eigenvalue weighted by Crippen LogP contribution is 2.21. The van der Waals surface area contributed by atoms with E-state index < -0.39 is 11.3 Å². The summed E-state index contributed by atoms with van der Waals surface area (Å²) in [5.74, 6) is -0.486. The molecule has 0 aliphatic carbocycles. The van der Waals surface area contributed by atoms with E-state index in [1.165, 1.54) is 0 Å². The number of aromatic nitrogens is 2. The van der Waals surface area contributed by atoms with Gasteiger partial charge in [-0.05, 0) is 13.8 Å². The minimum Gasteiger partial charge on any atom is -0.488 e. The quantitative estimate of drug-likeness (QED) is 0.790. The fourth-order valence-electron chi connectivity index (χ4n) is 1.19. The standard InChI is InChI=1S/C9H13ClN2O3/c1-5-8(6(2)12(3)11-5)15-4-7(10)9(13)14/h7H,4H2,1-3H3,(H,13,14). The van der Waals surface area contributed by atoms with Crippen molar-refractivity contribution in [2.45, 2.75) is 19.2 Å². The summed E-state index contributed by atoms with van der Waals surface area (Å²) < 4.78 is 6.99. The maximum atomic E-state index is 10.5. The van der Waals surface area contributed by atoms with Gasteiger partial charge in [-0.15, -0.1) is 11.6 Å². The van der Waals surface area contributed by atoms with E-state index in [-0.39, 0.29) is 6.61 Å². The first-order chi connectivity index (χ1) is 6.93.